The van der Waals surface area contributed by atoms with Crippen LogP contribution in [0, 0.1) is 0 Å². The first-order chi connectivity index (χ1) is 9.04. The summed E-state index contributed by atoms with van der Waals surface area (Å²) in [7, 11) is 5.71. The third-order valence-electron chi connectivity index (χ3n) is 3.48. The second kappa shape index (κ2) is 5.59. The second-order valence-corrected chi connectivity index (χ2v) is 4.96. The number of ether oxygens (including phenoxy) is 1. The zero-order valence-corrected chi connectivity index (χ0v) is 11.6. The van der Waals surface area contributed by atoms with E-state index in [2.05, 4.69) is 4.90 Å². The molecule has 0 saturated carbocycles. The monoisotopic (exact) mass is 264 g/mol. The summed E-state index contributed by atoms with van der Waals surface area (Å²) < 4.78 is 5.41. The lowest BCUT2D eigenvalue weighted by Gasteiger charge is -2.29. The number of hydrogen-bond donors (Lipinski definition) is 1. The number of anilines is 1. The van der Waals surface area contributed by atoms with Crippen molar-refractivity contribution in [3.8, 4) is 5.75 Å². The molecule has 1 amide bonds. The molecule has 1 aliphatic heterocycles. The third-order valence-corrected chi connectivity index (χ3v) is 3.48. The maximum absolute atomic E-state index is 11.6. The summed E-state index contributed by atoms with van der Waals surface area (Å²) in [5.74, 6) is 0.681. The fourth-order valence-corrected chi connectivity index (χ4v) is 2.34. The van der Waals surface area contributed by atoms with E-state index >= 15 is 0 Å². The lowest BCUT2D eigenvalue weighted by Crippen LogP contribution is -2.35. The van der Waals surface area contributed by atoms with E-state index in [0.717, 1.165) is 17.0 Å². The Morgan fingerprint density at radius 2 is 2.21 bits per heavy atom. The predicted octanol–water partition coefficient (Wildman–Crippen LogP) is 1.03. The number of hydrogen-bond acceptors (Lipinski definition) is 4. The Balaban J connectivity index is 2.36. The number of fused-ring (bicyclic) bond motifs is 1. The summed E-state index contributed by atoms with van der Waals surface area (Å²) in [5.41, 5.74) is 1.86. The maximum Gasteiger partial charge on any atom is 0.264 e. The highest BCUT2D eigenvalue weighted by molar-refractivity contribution is 5.97. The molecule has 1 atom stereocenters. The van der Waals surface area contributed by atoms with Gasteiger partial charge in [0, 0.05) is 19.7 Å². The molecule has 2 rings (SSSR count). The molecule has 1 heterocycles. The number of likely N-dealkylation sites (N-methyl/N-ethyl adjacent to an activating group) is 1. The van der Waals surface area contributed by atoms with Crippen LogP contribution in [0.4, 0.5) is 5.69 Å². The fraction of sp³-hybridized carbons (Fsp3) is 0.500. The Bertz CT molecular complexity index is 474. The highest BCUT2D eigenvalue weighted by Crippen LogP contribution is 2.35. The zero-order chi connectivity index (χ0) is 14.0. The standard InChI is InChI=1S/C14H20N2O3/c1-15(2)11(6-7-17)10-4-5-13-12(8-10)16(3)14(18)9-19-13/h4-5,8,11,17H,6-7,9H2,1-3H3. The van der Waals surface area contributed by atoms with Gasteiger partial charge in [-0.1, -0.05) is 6.07 Å². The van der Waals surface area contributed by atoms with E-state index in [1.165, 1.54) is 0 Å². The van der Waals surface area contributed by atoms with Crippen LogP contribution >= 0.6 is 0 Å². The predicted molar refractivity (Wildman–Crippen MR) is 73.5 cm³/mol. The molecule has 0 aliphatic carbocycles. The van der Waals surface area contributed by atoms with E-state index in [1.807, 2.05) is 32.3 Å². The summed E-state index contributed by atoms with van der Waals surface area (Å²) >= 11 is 0. The first kappa shape index (κ1) is 13.8. The van der Waals surface area contributed by atoms with Crippen LogP contribution in [0.15, 0.2) is 18.2 Å². The number of carbonyl (C=O) groups is 1. The molecule has 5 heteroatoms. The van der Waals surface area contributed by atoms with Crippen molar-refractivity contribution >= 4 is 11.6 Å². The van der Waals surface area contributed by atoms with Gasteiger partial charge in [0.2, 0.25) is 0 Å². The lowest BCUT2D eigenvalue weighted by molar-refractivity contribution is -0.120. The molecule has 19 heavy (non-hydrogen) atoms. The molecule has 1 aromatic carbocycles. The summed E-state index contributed by atoms with van der Waals surface area (Å²) in [6.07, 6.45) is 0.657. The molecular weight excluding hydrogens is 244 g/mol. The highest BCUT2D eigenvalue weighted by atomic mass is 16.5. The summed E-state index contributed by atoms with van der Waals surface area (Å²) in [4.78, 5) is 15.3. The molecule has 0 fully saturated rings. The molecule has 0 saturated heterocycles. The Morgan fingerprint density at radius 1 is 1.47 bits per heavy atom. The topological polar surface area (TPSA) is 53.0 Å². The van der Waals surface area contributed by atoms with Crippen LogP contribution in [-0.2, 0) is 4.79 Å². The molecule has 1 unspecified atom stereocenters. The van der Waals surface area contributed by atoms with Gasteiger partial charge in [-0.2, -0.15) is 0 Å². The quantitative estimate of drug-likeness (QED) is 0.882. The van der Waals surface area contributed by atoms with Crippen LogP contribution < -0.4 is 9.64 Å². The van der Waals surface area contributed by atoms with Gasteiger partial charge in [-0.05, 0) is 38.2 Å². The van der Waals surface area contributed by atoms with Gasteiger partial charge in [-0.25, -0.2) is 0 Å². The number of amides is 1. The molecule has 1 aromatic rings. The first-order valence-corrected chi connectivity index (χ1v) is 6.35. The van der Waals surface area contributed by atoms with Crippen molar-refractivity contribution < 1.29 is 14.6 Å². The molecular formula is C14H20N2O3. The number of aliphatic hydroxyl groups excluding tert-OH is 1. The normalized spacial score (nSPS) is 16.3. The van der Waals surface area contributed by atoms with Crippen LogP contribution in [0.3, 0.4) is 0 Å². The minimum atomic E-state index is -0.0480. The van der Waals surface area contributed by atoms with Crippen molar-refractivity contribution in [3.63, 3.8) is 0 Å². The van der Waals surface area contributed by atoms with Crippen molar-refractivity contribution in [2.24, 2.45) is 0 Å². The van der Waals surface area contributed by atoms with E-state index in [-0.39, 0.29) is 25.2 Å². The minimum Gasteiger partial charge on any atom is -0.482 e. The fourth-order valence-electron chi connectivity index (χ4n) is 2.34. The largest absolute Gasteiger partial charge is 0.482 e. The van der Waals surface area contributed by atoms with Crippen molar-refractivity contribution in [1.82, 2.24) is 4.90 Å². The molecule has 0 radical (unpaired) electrons. The average molecular weight is 264 g/mol. The van der Waals surface area contributed by atoms with Gasteiger partial charge < -0.3 is 19.6 Å². The summed E-state index contributed by atoms with van der Waals surface area (Å²) in [6.45, 7) is 0.224. The zero-order valence-electron chi connectivity index (χ0n) is 11.6. The van der Waals surface area contributed by atoms with Gasteiger partial charge in [-0.3, -0.25) is 4.79 Å². The van der Waals surface area contributed by atoms with E-state index in [9.17, 15) is 4.79 Å². The number of nitrogens with zero attached hydrogens (tertiary/aromatic N) is 2. The Kier molecular flexibility index (Phi) is 4.07. The lowest BCUT2D eigenvalue weighted by atomic mass is 10.0. The van der Waals surface area contributed by atoms with Gasteiger partial charge in [0.1, 0.15) is 5.75 Å². The average Bonchev–Trinajstić information content (AvgIpc) is 2.40. The van der Waals surface area contributed by atoms with Gasteiger partial charge in [0.15, 0.2) is 6.61 Å². The Labute approximate surface area is 113 Å². The van der Waals surface area contributed by atoms with Crippen LogP contribution in [0.2, 0.25) is 0 Å². The van der Waals surface area contributed by atoms with Crippen molar-refractivity contribution in [1.29, 1.82) is 0 Å². The SMILES string of the molecule is CN1C(=O)COc2ccc(C(CCO)N(C)C)cc21. The summed E-state index contributed by atoms with van der Waals surface area (Å²) in [6, 6.07) is 5.97. The molecule has 1 N–H and O–H groups in total. The minimum absolute atomic E-state index is 0.0480. The van der Waals surface area contributed by atoms with Crippen molar-refractivity contribution in [2.75, 3.05) is 39.3 Å². The smallest absolute Gasteiger partial charge is 0.264 e. The molecule has 104 valence electrons. The van der Waals surface area contributed by atoms with Crippen LogP contribution in [0.1, 0.15) is 18.0 Å². The molecule has 5 nitrogen and oxygen atoms in total. The van der Waals surface area contributed by atoms with Gasteiger partial charge in [0.25, 0.3) is 5.91 Å². The molecule has 0 spiro atoms. The van der Waals surface area contributed by atoms with Crippen LogP contribution in [-0.4, -0.2) is 50.3 Å². The van der Waals surface area contributed by atoms with E-state index in [4.69, 9.17) is 9.84 Å². The van der Waals surface area contributed by atoms with Gasteiger partial charge in [0.05, 0.1) is 5.69 Å². The van der Waals surface area contributed by atoms with E-state index < -0.39 is 0 Å². The van der Waals surface area contributed by atoms with Crippen LogP contribution in [0.25, 0.3) is 0 Å². The van der Waals surface area contributed by atoms with Gasteiger partial charge in [-0.15, -0.1) is 0 Å². The van der Waals surface area contributed by atoms with E-state index in [0.29, 0.717) is 6.42 Å². The molecule has 1 aliphatic rings. The maximum atomic E-state index is 11.6. The Morgan fingerprint density at radius 3 is 2.84 bits per heavy atom. The number of rotatable bonds is 4. The van der Waals surface area contributed by atoms with E-state index in [1.54, 1.807) is 11.9 Å². The van der Waals surface area contributed by atoms with Crippen LogP contribution in [0.5, 0.6) is 5.75 Å². The number of carbonyl (C=O) groups excluding carboxylic acids is 1. The molecule has 0 bridgehead atoms. The van der Waals surface area contributed by atoms with Crippen molar-refractivity contribution in [2.45, 2.75) is 12.5 Å². The first-order valence-electron chi connectivity index (χ1n) is 6.35. The number of benzene rings is 1. The second-order valence-electron chi connectivity index (χ2n) is 4.96. The summed E-state index contributed by atoms with van der Waals surface area (Å²) in [5, 5.41) is 9.16. The third kappa shape index (κ3) is 2.72. The highest BCUT2D eigenvalue weighted by Gasteiger charge is 2.24. The van der Waals surface area contributed by atoms with Gasteiger partial charge >= 0.3 is 0 Å². The van der Waals surface area contributed by atoms with Crippen molar-refractivity contribution in [3.05, 3.63) is 23.8 Å². The molecule has 0 aromatic heterocycles. The number of aliphatic hydroxyl groups is 1. The Hall–Kier alpha value is -1.59.